The van der Waals surface area contributed by atoms with E-state index in [2.05, 4.69) is 65.0 Å². The van der Waals surface area contributed by atoms with Crippen molar-refractivity contribution in [1.82, 2.24) is 20.9 Å². The number of β-amino-alcohol motifs (C(OH)–C–C–N with tert-alkyl or cyclic N) is 1. The van der Waals surface area contributed by atoms with Gasteiger partial charge >= 0.3 is 0 Å². The molecule has 4 N–H and O–H groups in total. The molecule has 4 amide bonds. The summed E-state index contributed by atoms with van der Waals surface area (Å²) < 4.78 is 17.5. The number of ether oxygens (including phenoxy) is 3. The summed E-state index contributed by atoms with van der Waals surface area (Å²) in [5.74, 6) is -0.653. The molecule has 14 heteroatoms. The zero-order valence-corrected chi connectivity index (χ0v) is 45.4. The molecular weight excluding hydrogens is 947 g/mol. The third-order valence-electron chi connectivity index (χ3n) is 14.9. The Morgan fingerprint density at radius 1 is 0.867 bits per heavy atom. The van der Waals surface area contributed by atoms with Gasteiger partial charge in [-0.05, 0) is 147 Å². The first kappa shape index (κ1) is 56.4. The second-order valence-electron chi connectivity index (χ2n) is 21.7. The Labute approximate surface area is 444 Å². The molecule has 0 aromatic heterocycles. The first-order valence-electron chi connectivity index (χ1n) is 26.9. The summed E-state index contributed by atoms with van der Waals surface area (Å²) >= 11 is 0. The van der Waals surface area contributed by atoms with E-state index in [4.69, 9.17) is 14.2 Å². The molecule has 14 nitrogen and oxygen atoms in total. The number of allylic oxidation sites excluding steroid dienone is 7. The Kier molecular flexibility index (Phi) is 19.5. The number of ketones is 1. The molecule has 3 aromatic rings. The molecule has 0 saturated carbocycles. The zero-order chi connectivity index (χ0) is 53.8. The van der Waals surface area contributed by atoms with Crippen LogP contribution >= 0.6 is 0 Å². The van der Waals surface area contributed by atoms with Crippen LogP contribution in [0.1, 0.15) is 127 Å². The van der Waals surface area contributed by atoms with E-state index in [0.29, 0.717) is 56.4 Å². The molecule has 2 fully saturated rings. The van der Waals surface area contributed by atoms with Gasteiger partial charge in [-0.15, -0.1) is 0 Å². The quantitative estimate of drug-likeness (QED) is 0.0713. The second kappa shape index (κ2) is 25.9. The highest BCUT2D eigenvalue weighted by Gasteiger charge is 2.44. The van der Waals surface area contributed by atoms with E-state index in [1.807, 2.05) is 90.1 Å². The molecule has 2 aliphatic carbocycles. The molecule has 7 rings (SSSR count). The van der Waals surface area contributed by atoms with Gasteiger partial charge in [-0.25, -0.2) is 0 Å². The number of rotatable bonds is 22. The van der Waals surface area contributed by atoms with Crippen molar-refractivity contribution in [2.45, 2.75) is 138 Å². The van der Waals surface area contributed by atoms with Gasteiger partial charge in [0.15, 0.2) is 5.78 Å². The van der Waals surface area contributed by atoms with Crippen LogP contribution in [0.4, 0.5) is 5.69 Å². The number of aliphatic hydroxyl groups is 1. The van der Waals surface area contributed by atoms with Crippen LogP contribution in [0, 0.1) is 12.3 Å². The summed E-state index contributed by atoms with van der Waals surface area (Å²) in [5.41, 5.74) is 10.8. The maximum Gasteiger partial charge on any atom is 0.251 e. The minimum absolute atomic E-state index is 0.00282. The highest BCUT2D eigenvalue weighted by Crippen LogP contribution is 2.35. The van der Waals surface area contributed by atoms with Crippen molar-refractivity contribution < 1.29 is 43.3 Å². The Balaban J connectivity index is 0.865. The van der Waals surface area contributed by atoms with Crippen molar-refractivity contribution in [3.8, 4) is 16.9 Å². The topological polar surface area (TPSA) is 176 Å². The summed E-state index contributed by atoms with van der Waals surface area (Å²) in [7, 11) is 0. The normalized spacial score (nSPS) is 18.5. The first-order valence-corrected chi connectivity index (χ1v) is 26.9. The molecule has 1 unspecified atom stereocenters. The van der Waals surface area contributed by atoms with Gasteiger partial charge in [-0.3, -0.25) is 24.0 Å². The Morgan fingerprint density at radius 3 is 2.24 bits per heavy atom. The molecular formula is C61H79N5O9. The molecule has 4 aliphatic rings. The molecule has 2 heterocycles. The summed E-state index contributed by atoms with van der Waals surface area (Å²) in [6.45, 7) is 18.9. The van der Waals surface area contributed by atoms with Gasteiger partial charge in [-0.2, -0.15) is 0 Å². The van der Waals surface area contributed by atoms with Crippen LogP contribution in [0.3, 0.4) is 0 Å². The third kappa shape index (κ3) is 14.7. The smallest absolute Gasteiger partial charge is 0.251 e. The fourth-order valence-corrected chi connectivity index (χ4v) is 10.6. The lowest BCUT2D eigenvalue weighted by atomic mass is 9.85. The Morgan fingerprint density at radius 2 is 1.57 bits per heavy atom. The summed E-state index contributed by atoms with van der Waals surface area (Å²) in [4.78, 5) is 71.4. The number of amides is 4. The lowest BCUT2D eigenvalue weighted by molar-refractivity contribution is -0.144. The van der Waals surface area contributed by atoms with Crippen molar-refractivity contribution in [1.29, 1.82) is 0 Å². The minimum Gasteiger partial charge on any atom is -0.494 e. The van der Waals surface area contributed by atoms with Crippen molar-refractivity contribution in [2.75, 3.05) is 57.6 Å². The van der Waals surface area contributed by atoms with Crippen LogP contribution in [0.15, 0.2) is 101 Å². The van der Waals surface area contributed by atoms with Crippen molar-refractivity contribution >= 4 is 40.7 Å². The summed E-state index contributed by atoms with van der Waals surface area (Å²) in [5, 5.41) is 19.5. The first-order chi connectivity index (χ1) is 35.9. The average Bonchev–Trinajstić information content (AvgIpc) is 4.01. The lowest BCUT2D eigenvalue weighted by Gasteiger charge is -2.37. The van der Waals surface area contributed by atoms with Gasteiger partial charge in [0.25, 0.3) is 5.91 Å². The van der Waals surface area contributed by atoms with Crippen molar-refractivity contribution in [2.24, 2.45) is 5.41 Å². The van der Waals surface area contributed by atoms with Crippen LogP contribution in [0.25, 0.3) is 16.7 Å². The van der Waals surface area contributed by atoms with Gasteiger partial charge in [0, 0.05) is 81.7 Å². The van der Waals surface area contributed by atoms with Gasteiger partial charge < -0.3 is 45.1 Å². The van der Waals surface area contributed by atoms with Crippen molar-refractivity contribution in [3.63, 3.8) is 0 Å². The molecule has 2 aliphatic heterocycles. The van der Waals surface area contributed by atoms with E-state index in [-0.39, 0.29) is 50.3 Å². The van der Waals surface area contributed by atoms with Crippen molar-refractivity contribution in [3.05, 3.63) is 123 Å². The second-order valence-corrected chi connectivity index (χ2v) is 21.7. The van der Waals surface area contributed by atoms with E-state index in [1.165, 1.54) is 16.0 Å². The lowest BCUT2D eigenvalue weighted by Crippen LogP contribution is -2.58. The molecule has 3 atom stereocenters. The van der Waals surface area contributed by atoms with E-state index < -0.39 is 35.4 Å². The number of hydrogen-bond acceptors (Lipinski definition) is 10. The molecule has 3 aromatic carbocycles. The Hall–Kier alpha value is -6.35. The molecule has 402 valence electrons. The molecule has 2 saturated heterocycles. The average molecular weight is 1030 g/mol. The SMILES string of the molecule is CCN(c1cc(-c2ccc(OCCCCCOCC(=O)NC(C(=O)N3C[C@H](O)C[C@H]3C(=O)NCc3ccc(C4=C(C)C=CC4)cc3)C(C)(C)C)cc2)cc(C(=O)NCC2=C(C)C=C(C)CC2=O)c1C)C1CCOCC1. The number of carbonyl (C=O) groups is 5. The zero-order valence-electron chi connectivity index (χ0n) is 45.4. The van der Waals surface area contributed by atoms with Crippen LogP contribution in [-0.4, -0.2) is 116 Å². The number of aliphatic hydroxyl groups excluding tert-OH is 1. The van der Waals surface area contributed by atoms with Crippen LogP contribution in [-0.2, 0) is 35.2 Å². The van der Waals surface area contributed by atoms with Gasteiger partial charge in [0.2, 0.25) is 17.7 Å². The Bertz CT molecular complexity index is 2670. The van der Waals surface area contributed by atoms with Crippen LogP contribution in [0.2, 0.25) is 0 Å². The predicted octanol–water partition coefficient (Wildman–Crippen LogP) is 8.74. The van der Waals surface area contributed by atoms with E-state index in [1.54, 1.807) is 0 Å². The summed E-state index contributed by atoms with van der Waals surface area (Å²) in [6.07, 6.45) is 10.9. The third-order valence-corrected chi connectivity index (χ3v) is 14.9. The standard InChI is InChI=1S/C61H79N5O9/c1-9-65(47-24-28-73-29-25-47)53-33-46(32-51(42(53)5)58(70)63-36-52-41(4)30-39(2)31-55(52)68)44-20-22-49(23-21-44)75-27-12-10-11-26-74-38-56(69)64-57(61(6,7)8)60(72)66-37-48(67)34-54(66)59(71)62-35-43-16-18-45(19-17-43)50-15-13-14-40(50)3/h13-14,16-23,30,32-33,47-48,54,57,67H,9-12,15,24-29,31,34-38H2,1-8H3,(H,62,71)(H,63,70)(H,64,69)/t48-,54+,57?/m1/s1. The van der Waals surface area contributed by atoms with Gasteiger partial charge in [0.1, 0.15) is 24.4 Å². The number of hydrogen-bond donors (Lipinski definition) is 4. The number of Topliss-reactive ketones (excluding diaryl/α,β-unsaturated/α-hetero) is 1. The highest BCUT2D eigenvalue weighted by molar-refractivity contribution is 6.03. The molecule has 75 heavy (non-hydrogen) atoms. The predicted molar refractivity (Wildman–Crippen MR) is 294 cm³/mol. The fraction of sp³-hybridized carbons (Fsp3) is 0.492. The molecule has 0 radical (unpaired) electrons. The number of nitrogens with one attached hydrogen (secondary N) is 3. The monoisotopic (exact) mass is 1030 g/mol. The number of nitrogens with zero attached hydrogens (tertiary/aromatic N) is 2. The minimum atomic E-state index is -0.946. The number of benzene rings is 3. The van der Waals surface area contributed by atoms with E-state index in [0.717, 1.165) is 89.0 Å². The number of carbonyl (C=O) groups excluding carboxylic acids is 5. The van der Waals surface area contributed by atoms with Gasteiger partial charge in [0.05, 0.1) is 12.7 Å². The summed E-state index contributed by atoms with van der Waals surface area (Å²) in [6, 6.07) is 18.6. The maximum atomic E-state index is 14.1. The number of unbranched alkanes of at least 4 members (excludes halogenated alkanes) is 2. The van der Waals surface area contributed by atoms with Crippen LogP contribution < -0.4 is 25.6 Å². The maximum absolute atomic E-state index is 14.1. The highest BCUT2D eigenvalue weighted by atomic mass is 16.5. The molecule has 0 bridgehead atoms. The largest absolute Gasteiger partial charge is 0.494 e. The van der Waals surface area contributed by atoms with Gasteiger partial charge in [-0.1, -0.05) is 81.0 Å². The molecule has 0 spiro atoms. The van der Waals surface area contributed by atoms with E-state index in [9.17, 15) is 29.1 Å². The fourth-order valence-electron chi connectivity index (χ4n) is 10.6. The number of anilines is 1. The van der Waals surface area contributed by atoms with E-state index >= 15 is 0 Å². The number of likely N-dealkylation sites (tertiary alicyclic amines) is 1. The van der Waals surface area contributed by atoms with Crippen LogP contribution in [0.5, 0.6) is 5.75 Å².